The van der Waals surface area contributed by atoms with E-state index < -0.39 is 0 Å². The van der Waals surface area contributed by atoms with Crippen LogP contribution >= 0.6 is 0 Å². The molecule has 2 aromatic carbocycles. The van der Waals surface area contributed by atoms with Gasteiger partial charge >= 0.3 is 0 Å². The number of halogens is 1. The van der Waals surface area contributed by atoms with Crippen LogP contribution in [0.5, 0.6) is 0 Å². The van der Waals surface area contributed by atoms with Crippen molar-refractivity contribution in [2.24, 2.45) is 7.05 Å². The number of nitrogens with zero attached hydrogens (tertiary/aromatic N) is 5. The van der Waals surface area contributed by atoms with Crippen LogP contribution in [0.1, 0.15) is 36.2 Å². The molecule has 0 fully saturated rings. The molecule has 0 radical (unpaired) electrons. The van der Waals surface area contributed by atoms with Gasteiger partial charge in [0.25, 0.3) is 5.91 Å². The van der Waals surface area contributed by atoms with E-state index in [4.69, 9.17) is 0 Å². The third-order valence-corrected chi connectivity index (χ3v) is 7.14. The number of rotatable bonds is 11. The van der Waals surface area contributed by atoms with Crippen molar-refractivity contribution in [1.82, 2.24) is 30.4 Å². The number of carbonyl (C=O) groups excluding carboxylic acids is 2. The molecule has 2 N–H and O–H groups in total. The fraction of sp³-hybridized carbons (Fsp3) is 0.464. The van der Waals surface area contributed by atoms with Gasteiger partial charge in [0.1, 0.15) is 5.82 Å². The number of hydrogen-bond donors (Lipinski definition) is 2. The van der Waals surface area contributed by atoms with Crippen LogP contribution in [0.15, 0.2) is 30.3 Å². The van der Waals surface area contributed by atoms with E-state index in [9.17, 15) is 14.0 Å². The van der Waals surface area contributed by atoms with Crippen molar-refractivity contribution >= 4 is 28.4 Å². The van der Waals surface area contributed by atoms with Crippen molar-refractivity contribution in [1.29, 1.82) is 0 Å². The molecule has 10 heteroatoms. The van der Waals surface area contributed by atoms with Crippen molar-refractivity contribution in [2.45, 2.75) is 40.3 Å². The van der Waals surface area contributed by atoms with E-state index in [0.717, 1.165) is 51.9 Å². The number of carbonyl (C=O) groups is 2. The maximum absolute atomic E-state index is 13.7. The molecule has 0 unspecified atom stereocenters. The van der Waals surface area contributed by atoms with Crippen LogP contribution in [0.25, 0.3) is 10.9 Å². The molecular weight excluding hydrogens is 485 g/mol. The summed E-state index contributed by atoms with van der Waals surface area (Å²) in [5, 5.41) is 15.4. The number of nitrogens with one attached hydrogen (secondary N) is 2. The van der Waals surface area contributed by atoms with Crippen LogP contribution in [0, 0.1) is 12.7 Å². The molecule has 0 saturated carbocycles. The van der Waals surface area contributed by atoms with E-state index in [0.29, 0.717) is 26.2 Å². The highest BCUT2D eigenvalue weighted by atomic mass is 19.1. The molecule has 1 aliphatic heterocycles. The minimum Gasteiger partial charge on any atom is -0.353 e. The predicted molar refractivity (Wildman–Crippen MR) is 147 cm³/mol. The highest BCUT2D eigenvalue weighted by Gasteiger charge is 2.28. The monoisotopic (exact) mass is 523 g/mol. The summed E-state index contributed by atoms with van der Waals surface area (Å²) >= 11 is 0. The quantitative estimate of drug-likeness (QED) is 0.376. The van der Waals surface area contributed by atoms with Gasteiger partial charge in [-0.2, -0.15) is 5.10 Å². The molecule has 2 heterocycles. The van der Waals surface area contributed by atoms with Crippen LogP contribution in [0.4, 0.5) is 10.1 Å². The molecule has 0 atom stereocenters. The number of amides is 2. The zero-order chi connectivity index (χ0) is 27.4. The molecule has 204 valence electrons. The molecular formula is C28H38FN7O2. The molecule has 2 amide bonds. The van der Waals surface area contributed by atoms with Crippen LogP contribution in [0.3, 0.4) is 0 Å². The molecule has 0 spiro atoms. The lowest BCUT2D eigenvalue weighted by Gasteiger charge is -2.32. The summed E-state index contributed by atoms with van der Waals surface area (Å²) in [6, 6.07) is 8.79. The minimum atomic E-state index is -0.280. The van der Waals surface area contributed by atoms with Gasteiger partial charge in [0.15, 0.2) is 0 Å². The fourth-order valence-electron chi connectivity index (χ4n) is 5.06. The Morgan fingerprint density at radius 1 is 1.08 bits per heavy atom. The summed E-state index contributed by atoms with van der Waals surface area (Å²) in [5.74, 6) is -0.594. The smallest absolute Gasteiger partial charge is 0.256 e. The Morgan fingerprint density at radius 3 is 2.58 bits per heavy atom. The summed E-state index contributed by atoms with van der Waals surface area (Å²) in [7, 11) is 3.66. The maximum atomic E-state index is 13.7. The molecule has 1 aromatic heterocycles. The number of hydrogen-bond acceptors (Lipinski definition) is 6. The second kappa shape index (κ2) is 11.9. The lowest BCUT2D eigenvalue weighted by Crippen LogP contribution is -2.48. The topological polar surface area (TPSA) is 85.7 Å². The summed E-state index contributed by atoms with van der Waals surface area (Å²) in [4.78, 5) is 28.2. The average molecular weight is 524 g/mol. The first-order chi connectivity index (χ1) is 18.2. The van der Waals surface area contributed by atoms with Gasteiger partial charge in [-0.1, -0.05) is 19.9 Å². The largest absolute Gasteiger partial charge is 0.353 e. The molecule has 1 aliphatic rings. The van der Waals surface area contributed by atoms with Crippen LogP contribution in [-0.4, -0.2) is 71.4 Å². The number of hydrazine groups is 1. The first-order valence-corrected chi connectivity index (χ1v) is 13.2. The molecule has 9 nitrogen and oxygen atoms in total. The Bertz CT molecular complexity index is 1320. The van der Waals surface area contributed by atoms with E-state index in [1.54, 1.807) is 18.1 Å². The Morgan fingerprint density at radius 2 is 1.84 bits per heavy atom. The standard InChI is InChI=1S/C28H38FN7O2/c1-6-25-23-12-19(3)26(14-24(23)32-33(25)4)35(17-27(37)31-11-10-30-7-2)18-28(38)34(5)36-15-20-8-9-22(29)13-21(20)16-36/h8-9,12-14,30H,6-7,10-11,15-18H2,1-5H3,(H,31,37). The first-order valence-electron chi connectivity index (χ1n) is 13.2. The van der Waals surface area contributed by atoms with Crippen molar-refractivity contribution in [3.8, 4) is 0 Å². The SMILES string of the molecule is CCNCCNC(=O)CN(CC(=O)N(C)N1Cc2ccc(F)cc2C1)c1cc2nn(C)c(CC)c2cc1C. The van der Waals surface area contributed by atoms with Gasteiger partial charge in [-0.25, -0.2) is 9.40 Å². The molecule has 0 aliphatic carbocycles. The Kier molecular flexibility index (Phi) is 8.63. The van der Waals surface area contributed by atoms with Gasteiger partial charge in [-0.3, -0.25) is 19.3 Å². The van der Waals surface area contributed by atoms with Gasteiger partial charge < -0.3 is 15.5 Å². The van der Waals surface area contributed by atoms with Crippen LogP contribution in [-0.2, 0) is 36.1 Å². The van der Waals surface area contributed by atoms with E-state index in [2.05, 4.69) is 28.7 Å². The van der Waals surface area contributed by atoms with Crippen LogP contribution < -0.4 is 15.5 Å². The molecule has 0 bridgehead atoms. The van der Waals surface area contributed by atoms with Gasteiger partial charge in [0.05, 0.1) is 18.6 Å². The van der Waals surface area contributed by atoms with Gasteiger partial charge in [0.2, 0.25) is 5.91 Å². The minimum absolute atomic E-state index is 0.0121. The predicted octanol–water partition coefficient (Wildman–Crippen LogP) is 2.50. The summed E-state index contributed by atoms with van der Waals surface area (Å²) in [6.07, 6.45) is 0.856. The van der Waals surface area contributed by atoms with Crippen molar-refractivity contribution < 1.29 is 14.0 Å². The van der Waals surface area contributed by atoms with E-state index >= 15 is 0 Å². The third-order valence-electron chi connectivity index (χ3n) is 7.14. The molecule has 3 aromatic rings. The van der Waals surface area contributed by atoms with Gasteiger partial charge in [0, 0.05) is 57.0 Å². The third kappa shape index (κ3) is 5.97. The second-order valence-electron chi connectivity index (χ2n) is 9.79. The molecule has 4 rings (SSSR count). The van der Waals surface area contributed by atoms with Crippen molar-refractivity contribution in [3.63, 3.8) is 0 Å². The summed E-state index contributed by atoms with van der Waals surface area (Å²) < 4.78 is 15.6. The zero-order valence-corrected chi connectivity index (χ0v) is 23.0. The zero-order valence-electron chi connectivity index (χ0n) is 23.0. The van der Waals surface area contributed by atoms with Gasteiger partial charge in [-0.15, -0.1) is 0 Å². The van der Waals surface area contributed by atoms with Crippen LogP contribution in [0.2, 0.25) is 0 Å². The number of fused-ring (bicyclic) bond motifs is 2. The lowest BCUT2D eigenvalue weighted by molar-refractivity contribution is -0.145. The normalized spacial score (nSPS) is 13.1. The highest BCUT2D eigenvalue weighted by molar-refractivity contribution is 5.91. The number of benzene rings is 2. The Balaban J connectivity index is 1.55. The Hall–Kier alpha value is -3.50. The number of aromatic nitrogens is 2. The highest BCUT2D eigenvalue weighted by Crippen LogP contribution is 2.29. The second-order valence-corrected chi connectivity index (χ2v) is 9.79. The first kappa shape index (κ1) is 27.5. The summed E-state index contributed by atoms with van der Waals surface area (Å²) in [5.41, 5.74) is 5.63. The van der Waals surface area contributed by atoms with Gasteiger partial charge in [-0.05, 0) is 60.8 Å². The lowest BCUT2D eigenvalue weighted by atomic mass is 10.1. The van der Waals surface area contributed by atoms with Crippen molar-refractivity contribution in [2.75, 3.05) is 44.7 Å². The van der Waals surface area contributed by atoms with E-state index in [-0.39, 0.29) is 30.7 Å². The van der Waals surface area contributed by atoms with E-state index in [1.807, 2.05) is 41.6 Å². The van der Waals surface area contributed by atoms with E-state index in [1.165, 1.54) is 12.1 Å². The number of anilines is 1. The average Bonchev–Trinajstić information content (AvgIpc) is 3.44. The maximum Gasteiger partial charge on any atom is 0.256 e. The number of likely N-dealkylation sites (N-methyl/N-ethyl adjacent to an activating group) is 2. The molecule has 0 saturated heterocycles. The Labute approximate surface area is 223 Å². The fourth-order valence-corrected chi connectivity index (χ4v) is 5.06. The number of aryl methyl sites for hydroxylation is 3. The van der Waals surface area contributed by atoms with Crippen molar-refractivity contribution in [3.05, 3.63) is 58.5 Å². The summed E-state index contributed by atoms with van der Waals surface area (Å²) in [6.45, 7) is 9.17. The molecule has 38 heavy (non-hydrogen) atoms.